The topological polar surface area (TPSA) is 36.0 Å². The van der Waals surface area contributed by atoms with E-state index in [2.05, 4.69) is 16.8 Å². The molecule has 2 heterocycles. The molecular weight excluding hydrogens is 444 g/mol. The lowest BCUT2D eigenvalue weighted by molar-refractivity contribution is -0.136. The smallest absolute Gasteiger partial charge is 0.240 e. The van der Waals surface area contributed by atoms with Gasteiger partial charge in [0.2, 0.25) is 5.91 Å². The van der Waals surface area contributed by atoms with E-state index in [9.17, 15) is 13.6 Å². The van der Waals surface area contributed by atoms with E-state index in [1.165, 1.54) is 12.1 Å². The Balaban J connectivity index is 1.51. The van der Waals surface area contributed by atoms with Crippen LogP contribution in [0.5, 0.6) is 5.75 Å². The summed E-state index contributed by atoms with van der Waals surface area (Å²) < 4.78 is 33.1. The number of carbonyl (C=O) groups excluding carboxylic acids is 1. The Labute approximate surface area is 198 Å². The molecule has 0 saturated carbocycles. The predicted octanol–water partition coefficient (Wildman–Crippen LogP) is 3.87. The fourth-order valence-electron chi connectivity index (χ4n) is 4.57. The summed E-state index contributed by atoms with van der Waals surface area (Å²) in [6, 6.07) is 11.3. The van der Waals surface area contributed by atoms with Crippen molar-refractivity contribution in [2.45, 2.75) is 35.6 Å². The largest absolute Gasteiger partial charge is 0.497 e. The second-order valence-corrected chi connectivity index (χ2v) is 10.2. The molecule has 0 unspecified atom stereocenters. The molecule has 4 rings (SSSR count). The highest BCUT2D eigenvalue weighted by Crippen LogP contribution is 2.35. The molecule has 1 amide bonds. The van der Waals surface area contributed by atoms with Crippen LogP contribution in [-0.2, 0) is 11.3 Å². The van der Waals surface area contributed by atoms with E-state index in [1.54, 1.807) is 18.9 Å². The summed E-state index contributed by atoms with van der Waals surface area (Å²) in [6.45, 7) is 4.24. The van der Waals surface area contributed by atoms with E-state index in [4.69, 9.17) is 4.74 Å². The molecule has 0 spiro atoms. The third kappa shape index (κ3) is 6.05. The molecule has 2 aromatic rings. The van der Waals surface area contributed by atoms with Crippen LogP contribution in [0, 0.1) is 11.6 Å². The van der Waals surface area contributed by atoms with Gasteiger partial charge in [0.15, 0.2) is 0 Å². The zero-order valence-electron chi connectivity index (χ0n) is 19.2. The second-order valence-electron chi connectivity index (χ2n) is 8.81. The summed E-state index contributed by atoms with van der Waals surface area (Å²) >= 11 is 1.73. The molecule has 0 aromatic heterocycles. The first kappa shape index (κ1) is 24.0. The minimum absolute atomic E-state index is 0.116. The standard InChI is InChI=1S/C25H31F2N3O2S/c1-28-10-3-11-29(13-12-28)25(31)24-15-22(33-21-8-6-20(32-2)7-9-21)17-30(24)16-18-4-5-19(26)14-23(18)27/h4-9,14,22,24H,3,10-13,15-17H2,1-2H3/t22-,24+/m1/s1. The van der Waals surface area contributed by atoms with E-state index in [1.807, 2.05) is 29.2 Å². The van der Waals surface area contributed by atoms with Gasteiger partial charge in [-0.05, 0) is 56.8 Å². The maximum Gasteiger partial charge on any atom is 0.240 e. The first-order valence-electron chi connectivity index (χ1n) is 11.4. The fourth-order valence-corrected chi connectivity index (χ4v) is 5.79. The van der Waals surface area contributed by atoms with Gasteiger partial charge in [-0.15, -0.1) is 11.8 Å². The Kier molecular flexibility index (Phi) is 7.88. The van der Waals surface area contributed by atoms with Gasteiger partial charge in [0.05, 0.1) is 13.2 Å². The zero-order chi connectivity index (χ0) is 23.4. The maximum absolute atomic E-state index is 14.4. The molecule has 0 aliphatic carbocycles. The highest BCUT2D eigenvalue weighted by molar-refractivity contribution is 8.00. The van der Waals surface area contributed by atoms with Crippen molar-refractivity contribution in [3.05, 3.63) is 59.7 Å². The lowest BCUT2D eigenvalue weighted by Gasteiger charge is -2.29. The SMILES string of the molecule is COc1ccc(S[C@@H]2C[C@@H](C(=O)N3CCCN(C)CC3)N(Cc3ccc(F)cc3F)C2)cc1. The number of hydrogen-bond acceptors (Lipinski definition) is 5. The predicted molar refractivity (Wildman–Crippen MR) is 127 cm³/mol. The van der Waals surface area contributed by atoms with Gasteiger partial charge in [-0.1, -0.05) is 6.07 Å². The molecule has 0 bridgehead atoms. The number of nitrogens with zero attached hydrogens (tertiary/aromatic N) is 3. The average molecular weight is 476 g/mol. The molecule has 2 aliphatic heterocycles. The second kappa shape index (κ2) is 10.8. The minimum atomic E-state index is -0.591. The summed E-state index contributed by atoms with van der Waals surface area (Å²) in [5.41, 5.74) is 0.417. The number of hydrogen-bond donors (Lipinski definition) is 0. The highest BCUT2D eigenvalue weighted by Gasteiger charge is 2.39. The summed E-state index contributed by atoms with van der Waals surface area (Å²) in [5, 5.41) is 0.200. The molecule has 8 heteroatoms. The van der Waals surface area contributed by atoms with Crippen LogP contribution in [0.25, 0.3) is 0 Å². The van der Waals surface area contributed by atoms with Crippen LogP contribution >= 0.6 is 11.8 Å². The number of halogens is 2. The van der Waals surface area contributed by atoms with Crippen LogP contribution in [0.2, 0.25) is 0 Å². The quantitative estimate of drug-likeness (QED) is 0.634. The number of carbonyl (C=O) groups is 1. The summed E-state index contributed by atoms with van der Waals surface area (Å²) in [7, 11) is 3.72. The monoisotopic (exact) mass is 475 g/mol. The highest BCUT2D eigenvalue weighted by atomic mass is 32.2. The molecule has 5 nitrogen and oxygen atoms in total. The van der Waals surface area contributed by atoms with Gasteiger partial charge in [0, 0.05) is 54.5 Å². The van der Waals surface area contributed by atoms with Crippen molar-refractivity contribution in [2.24, 2.45) is 0 Å². The molecule has 2 aliphatic rings. The number of methoxy groups -OCH3 is 1. The number of rotatable bonds is 6. The van der Waals surface area contributed by atoms with Crippen LogP contribution in [0.1, 0.15) is 18.4 Å². The molecule has 0 radical (unpaired) electrons. The number of thioether (sulfide) groups is 1. The van der Waals surface area contributed by atoms with Crippen molar-refractivity contribution in [3.63, 3.8) is 0 Å². The molecule has 178 valence electrons. The van der Waals surface area contributed by atoms with Gasteiger partial charge >= 0.3 is 0 Å². The lowest BCUT2D eigenvalue weighted by atomic mass is 10.1. The minimum Gasteiger partial charge on any atom is -0.497 e. The molecule has 2 atom stereocenters. The number of likely N-dealkylation sites (N-methyl/N-ethyl adjacent to an activating group) is 1. The molecular formula is C25H31F2N3O2S. The van der Waals surface area contributed by atoms with Crippen LogP contribution < -0.4 is 4.74 Å². The first-order chi connectivity index (χ1) is 15.9. The Morgan fingerprint density at radius 1 is 1.09 bits per heavy atom. The third-order valence-corrected chi connectivity index (χ3v) is 7.65. The van der Waals surface area contributed by atoms with E-state index in [0.717, 1.165) is 42.8 Å². The fraction of sp³-hybridized carbons (Fsp3) is 0.480. The first-order valence-corrected chi connectivity index (χ1v) is 12.3. The van der Waals surface area contributed by atoms with Gasteiger partial charge in [0.25, 0.3) is 0 Å². The van der Waals surface area contributed by atoms with Crippen LogP contribution in [0.4, 0.5) is 8.78 Å². The maximum atomic E-state index is 14.4. The third-order valence-electron chi connectivity index (χ3n) is 6.43. The average Bonchev–Trinajstić information content (AvgIpc) is 3.06. The van der Waals surface area contributed by atoms with Crippen LogP contribution in [-0.4, -0.2) is 78.8 Å². The summed E-state index contributed by atoms with van der Waals surface area (Å²) in [6.07, 6.45) is 1.65. The van der Waals surface area contributed by atoms with Crippen molar-refractivity contribution in [2.75, 3.05) is 46.9 Å². The summed E-state index contributed by atoms with van der Waals surface area (Å²) in [5.74, 6) is -0.236. The van der Waals surface area contributed by atoms with Crippen molar-refractivity contribution in [3.8, 4) is 5.75 Å². The van der Waals surface area contributed by atoms with Crippen molar-refractivity contribution >= 4 is 17.7 Å². The Hall–Kier alpha value is -2.16. The van der Waals surface area contributed by atoms with Crippen LogP contribution in [0.3, 0.4) is 0 Å². The molecule has 2 aromatic carbocycles. The Morgan fingerprint density at radius 2 is 1.88 bits per heavy atom. The van der Waals surface area contributed by atoms with Crippen molar-refractivity contribution in [1.82, 2.24) is 14.7 Å². The van der Waals surface area contributed by atoms with E-state index in [-0.39, 0.29) is 23.7 Å². The number of benzene rings is 2. The molecule has 33 heavy (non-hydrogen) atoms. The summed E-state index contributed by atoms with van der Waals surface area (Å²) in [4.78, 5) is 20.9. The van der Waals surface area contributed by atoms with Crippen molar-refractivity contribution in [1.29, 1.82) is 0 Å². The van der Waals surface area contributed by atoms with Gasteiger partial charge in [-0.3, -0.25) is 9.69 Å². The van der Waals surface area contributed by atoms with E-state index in [0.29, 0.717) is 25.1 Å². The van der Waals surface area contributed by atoms with Crippen molar-refractivity contribution < 1.29 is 18.3 Å². The number of likely N-dealkylation sites (tertiary alicyclic amines) is 1. The lowest BCUT2D eigenvalue weighted by Crippen LogP contribution is -2.46. The molecule has 2 fully saturated rings. The van der Waals surface area contributed by atoms with Gasteiger partial charge in [0.1, 0.15) is 17.4 Å². The van der Waals surface area contributed by atoms with E-state index < -0.39 is 11.6 Å². The Morgan fingerprint density at radius 3 is 2.61 bits per heavy atom. The molecule has 2 saturated heterocycles. The van der Waals surface area contributed by atoms with Gasteiger partial charge in [-0.2, -0.15) is 0 Å². The molecule has 0 N–H and O–H groups in total. The Bertz CT molecular complexity index is 959. The van der Waals surface area contributed by atoms with Gasteiger partial charge in [-0.25, -0.2) is 8.78 Å². The zero-order valence-corrected chi connectivity index (χ0v) is 20.0. The van der Waals surface area contributed by atoms with E-state index >= 15 is 0 Å². The van der Waals surface area contributed by atoms with Gasteiger partial charge < -0.3 is 14.5 Å². The van der Waals surface area contributed by atoms with Crippen LogP contribution in [0.15, 0.2) is 47.4 Å². The normalized spacial score (nSPS) is 22.4. The number of ether oxygens (including phenoxy) is 1. The number of amides is 1.